The van der Waals surface area contributed by atoms with E-state index in [1.165, 1.54) is 56.9 Å². The standard InChI is InChI=1S/C20H30O/c1-15-2-6-17(7-3-15)19-10-12-20(13-11-19)18-8-4-16(14-21)5-9-18/h4-5,8-9,15,17,19-21H,2-3,6-7,10-14H2,1H3. The van der Waals surface area contributed by atoms with Crippen molar-refractivity contribution in [3.8, 4) is 0 Å². The molecule has 3 rings (SSSR count). The van der Waals surface area contributed by atoms with Crippen LogP contribution >= 0.6 is 0 Å². The Hall–Kier alpha value is -0.820. The third-order valence-electron chi connectivity index (χ3n) is 6.13. The van der Waals surface area contributed by atoms with Crippen molar-refractivity contribution < 1.29 is 5.11 Å². The van der Waals surface area contributed by atoms with E-state index < -0.39 is 0 Å². The van der Waals surface area contributed by atoms with Crippen LogP contribution in [0.25, 0.3) is 0 Å². The van der Waals surface area contributed by atoms with Gasteiger partial charge in [0.05, 0.1) is 6.61 Å². The van der Waals surface area contributed by atoms with Crippen molar-refractivity contribution in [2.45, 2.75) is 70.8 Å². The van der Waals surface area contributed by atoms with Gasteiger partial charge in [-0.1, -0.05) is 44.0 Å². The highest BCUT2D eigenvalue weighted by Gasteiger charge is 2.30. The van der Waals surface area contributed by atoms with E-state index in [1.54, 1.807) is 0 Å². The first-order chi connectivity index (χ1) is 10.3. The number of aliphatic hydroxyl groups excluding tert-OH is 1. The Labute approximate surface area is 129 Å². The SMILES string of the molecule is CC1CCC(C2CCC(c3ccc(CO)cc3)CC2)CC1. The van der Waals surface area contributed by atoms with Crippen LogP contribution in [0.2, 0.25) is 0 Å². The molecule has 116 valence electrons. The number of benzene rings is 1. The van der Waals surface area contributed by atoms with E-state index in [4.69, 9.17) is 5.11 Å². The van der Waals surface area contributed by atoms with E-state index in [-0.39, 0.29) is 6.61 Å². The normalized spacial score (nSPS) is 33.8. The zero-order chi connectivity index (χ0) is 14.7. The minimum Gasteiger partial charge on any atom is -0.392 e. The van der Waals surface area contributed by atoms with Crippen LogP contribution in [-0.2, 0) is 6.61 Å². The van der Waals surface area contributed by atoms with Crippen molar-refractivity contribution in [1.82, 2.24) is 0 Å². The summed E-state index contributed by atoms with van der Waals surface area (Å²) < 4.78 is 0. The molecule has 1 N–H and O–H groups in total. The Morgan fingerprint density at radius 1 is 0.810 bits per heavy atom. The Morgan fingerprint density at radius 2 is 1.33 bits per heavy atom. The minimum absolute atomic E-state index is 0.160. The second-order valence-corrected chi connectivity index (χ2v) is 7.53. The maximum Gasteiger partial charge on any atom is 0.0681 e. The van der Waals surface area contributed by atoms with Gasteiger partial charge in [0.25, 0.3) is 0 Å². The molecule has 0 amide bonds. The van der Waals surface area contributed by atoms with Gasteiger partial charge in [0, 0.05) is 0 Å². The first-order valence-corrected chi connectivity index (χ1v) is 8.96. The lowest BCUT2D eigenvalue weighted by atomic mass is 9.68. The first kappa shape index (κ1) is 15.1. The summed E-state index contributed by atoms with van der Waals surface area (Å²) in [6, 6.07) is 8.64. The molecule has 2 aliphatic carbocycles. The van der Waals surface area contributed by atoms with Gasteiger partial charge in [-0.25, -0.2) is 0 Å². The van der Waals surface area contributed by atoms with Gasteiger partial charge in [0.2, 0.25) is 0 Å². The van der Waals surface area contributed by atoms with Crippen molar-refractivity contribution in [3.63, 3.8) is 0 Å². The van der Waals surface area contributed by atoms with Crippen molar-refractivity contribution in [3.05, 3.63) is 35.4 Å². The van der Waals surface area contributed by atoms with Gasteiger partial charge in [0.1, 0.15) is 0 Å². The van der Waals surface area contributed by atoms with Crippen molar-refractivity contribution in [2.24, 2.45) is 17.8 Å². The second-order valence-electron chi connectivity index (χ2n) is 7.53. The molecule has 1 aromatic rings. The molecular weight excluding hydrogens is 256 g/mol. The molecule has 2 aliphatic rings. The topological polar surface area (TPSA) is 20.2 Å². The van der Waals surface area contributed by atoms with Crippen LogP contribution in [0.3, 0.4) is 0 Å². The van der Waals surface area contributed by atoms with Gasteiger partial charge in [-0.2, -0.15) is 0 Å². The fraction of sp³-hybridized carbons (Fsp3) is 0.700. The highest BCUT2D eigenvalue weighted by molar-refractivity contribution is 5.25. The summed E-state index contributed by atoms with van der Waals surface area (Å²) in [6.07, 6.45) is 11.5. The fourth-order valence-electron chi connectivity index (χ4n) is 4.58. The smallest absolute Gasteiger partial charge is 0.0681 e. The summed E-state index contributed by atoms with van der Waals surface area (Å²) in [5.41, 5.74) is 2.52. The minimum atomic E-state index is 0.160. The average Bonchev–Trinajstić information content (AvgIpc) is 2.56. The molecule has 1 aromatic carbocycles. The summed E-state index contributed by atoms with van der Waals surface area (Å²) >= 11 is 0. The Balaban J connectivity index is 1.52. The molecule has 0 saturated heterocycles. The van der Waals surface area contributed by atoms with Crippen LogP contribution < -0.4 is 0 Å². The predicted molar refractivity (Wildman–Crippen MR) is 88.2 cm³/mol. The molecule has 0 heterocycles. The third-order valence-corrected chi connectivity index (χ3v) is 6.13. The maximum atomic E-state index is 9.14. The van der Waals surface area contributed by atoms with Crippen LogP contribution in [0, 0.1) is 17.8 Å². The van der Waals surface area contributed by atoms with E-state index in [0.717, 1.165) is 29.2 Å². The molecule has 0 unspecified atom stereocenters. The first-order valence-electron chi connectivity index (χ1n) is 8.96. The summed E-state index contributed by atoms with van der Waals surface area (Å²) in [5, 5.41) is 9.14. The number of hydrogen-bond donors (Lipinski definition) is 1. The maximum absolute atomic E-state index is 9.14. The monoisotopic (exact) mass is 286 g/mol. The lowest BCUT2D eigenvalue weighted by molar-refractivity contribution is 0.165. The molecule has 21 heavy (non-hydrogen) atoms. The van der Waals surface area contributed by atoms with Crippen LogP contribution in [0.4, 0.5) is 0 Å². The molecule has 0 aliphatic heterocycles. The zero-order valence-electron chi connectivity index (χ0n) is 13.4. The van der Waals surface area contributed by atoms with Gasteiger partial charge in [-0.05, 0) is 73.3 Å². The summed E-state index contributed by atoms with van der Waals surface area (Å²) in [4.78, 5) is 0. The summed E-state index contributed by atoms with van der Waals surface area (Å²) in [5.74, 6) is 3.77. The molecule has 0 spiro atoms. The molecule has 0 bridgehead atoms. The number of aliphatic hydroxyl groups is 1. The molecule has 0 atom stereocenters. The van der Waals surface area contributed by atoms with E-state index in [0.29, 0.717) is 0 Å². The molecule has 1 nitrogen and oxygen atoms in total. The van der Waals surface area contributed by atoms with E-state index in [2.05, 4.69) is 31.2 Å². The largest absolute Gasteiger partial charge is 0.392 e. The van der Waals surface area contributed by atoms with Crippen LogP contribution in [0.1, 0.15) is 75.3 Å². The van der Waals surface area contributed by atoms with E-state index in [1.807, 2.05) is 0 Å². The highest BCUT2D eigenvalue weighted by Crippen LogP contribution is 2.43. The molecule has 2 saturated carbocycles. The van der Waals surface area contributed by atoms with Crippen LogP contribution in [-0.4, -0.2) is 5.11 Å². The van der Waals surface area contributed by atoms with Gasteiger partial charge < -0.3 is 5.11 Å². The van der Waals surface area contributed by atoms with Crippen molar-refractivity contribution in [1.29, 1.82) is 0 Å². The Bertz CT molecular complexity index is 420. The van der Waals surface area contributed by atoms with E-state index >= 15 is 0 Å². The van der Waals surface area contributed by atoms with Crippen molar-refractivity contribution in [2.75, 3.05) is 0 Å². The van der Waals surface area contributed by atoms with Crippen molar-refractivity contribution >= 4 is 0 Å². The fourth-order valence-corrected chi connectivity index (χ4v) is 4.58. The predicted octanol–water partition coefficient (Wildman–Crippen LogP) is 5.28. The van der Waals surface area contributed by atoms with Crippen LogP contribution in [0.5, 0.6) is 0 Å². The molecule has 2 fully saturated rings. The lowest BCUT2D eigenvalue weighted by Gasteiger charge is -2.37. The zero-order valence-corrected chi connectivity index (χ0v) is 13.4. The van der Waals surface area contributed by atoms with Gasteiger partial charge >= 0.3 is 0 Å². The third kappa shape index (κ3) is 3.69. The van der Waals surface area contributed by atoms with Gasteiger partial charge in [-0.15, -0.1) is 0 Å². The number of hydrogen-bond acceptors (Lipinski definition) is 1. The summed E-state index contributed by atoms with van der Waals surface area (Å²) in [6.45, 7) is 2.58. The highest BCUT2D eigenvalue weighted by atomic mass is 16.3. The van der Waals surface area contributed by atoms with Crippen LogP contribution in [0.15, 0.2) is 24.3 Å². The second kappa shape index (κ2) is 6.96. The van der Waals surface area contributed by atoms with E-state index in [9.17, 15) is 0 Å². The number of rotatable bonds is 3. The summed E-state index contributed by atoms with van der Waals surface area (Å²) in [7, 11) is 0. The average molecular weight is 286 g/mol. The quantitative estimate of drug-likeness (QED) is 0.801. The molecule has 1 heteroatoms. The molecule has 0 aromatic heterocycles. The molecule has 0 radical (unpaired) electrons. The lowest BCUT2D eigenvalue weighted by Crippen LogP contribution is -2.24. The molecular formula is C20H30O. The Kier molecular flexibility index (Phi) is 5.00. The van der Waals surface area contributed by atoms with Gasteiger partial charge in [0.15, 0.2) is 0 Å². The Morgan fingerprint density at radius 3 is 1.86 bits per heavy atom. The van der Waals surface area contributed by atoms with Gasteiger partial charge in [-0.3, -0.25) is 0 Å².